The molecule has 0 radical (unpaired) electrons. The van der Waals surface area contributed by atoms with Crippen LogP contribution in [0.25, 0.3) is 0 Å². The first-order chi connectivity index (χ1) is 15.3. The van der Waals surface area contributed by atoms with E-state index in [0.717, 1.165) is 4.31 Å². The fourth-order valence-electron chi connectivity index (χ4n) is 2.94. The number of benzene rings is 3. The van der Waals surface area contributed by atoms with Crippen molar-refractivity contribution in [3.05, 3.63) is 76.8 Å². The summed E-state index contributed by atoms with van der Waals surface area (Å²) >= 11 is 12.0. The van der Waals surface area contributed by atoms with E-state index in [1.165, 1.54) is 44.6 Å². The molecule has 32 heavy (non-hydrogen) atoms. The normalized spacial score (nSPS) is 11.0. The number of anilines is 2. The van der Waals surface area contributed by atoms with E-state index < -0.39 is 22.5 Å². The second kappa shape index (κ2) is 10.1. The molecule has 0 fully saturated rings. The van der Waals surface area contributed by atoms with Gasteiger partial charge < -0.3 is 14.8 Å². The highest BCUT2D eigenvalue weighted by molar-refractivity contribution is 7.92. The maximum Gasteiger partial charge on any atom is 0.264 e. The third-order valence-electron chi connectivity index (χ3n) is 4.48. The summed E-state index contributed by atoms with van der Waals surface area (Å²) in [7, 11) is -1.22. The van der Waals surface area contributed by atoms with Crippen LogP contribution in [0.4, 0.5) is 11.4 Å². The van der Waals surface area contributed by atoms with Gasteiger partial charge in [0.05, 0.1) is 29.8 Å². The van der Waals surface area contributed by atoms with Crippen LogP contribution >= 0.6 is 23.2 Å². The van der Waals surface area contributed by atoms with Gasteiger partial charge in [-0.25, -0.2) is 8.42 Å². The Hall–Kier alpha value is -2.94. The second-order valence-corrected chi connectivity index (χ2v) is 9.24. The molecule has 0 aliphatic rings. The average Bonchev–Trinajstić information content (AvgIpc) is 2.78. The molecule has 0 heterocycles. The number of hydrogen-bond donors (Lipinski definition) is 1. The number of nitrogens with one attached hydrogen (secondary N) is 1. The van der Waals surface area contributed by atoms with Crippen molar-refractivity contribution < 1.29 is 22.7 Å². The van der Waals surface area contributed by atoms with Crippen molar-refractivity contribution in [1.29, 1.82) is 0 Å². The molecular formula is C22H20Cl2N2O5S. The summed E-state index contributed by atoms with van der Waals surface area (Å²) < 4.78 is 38.3. The van der Waals surface area contributed by atoms with Crippen molar-refractivity contribution in [2.75, 3.05) is 30.4 Å². The molecule has 168 valence electrons. The fourth-order valence-corrected chi connectivity index (χ4v) is 4.76. The number of rotatable bonds is 8. The van der Waals surface area contributed by atoms with Gasteiger partial charge in [0.2, 0.25) is 5.91 Å². The minimum atomic E-state index is -4.12. The molecule has 0 unspecified atom stereocenters. The first-order valence-electron chi connectivity index (χ1n) is 9.31. The van der Waals surface area contributed by atoms with Gasteiger partial charge in [-0.15, -0.1) is 0 Å². The number of hydrogen-bond acceptors (Lipinski definition) is 5. The predicted molar refractivity (Wildman–Crippen MR) is 126 cm³/mol. The molecule has 3 aromatic carbocycles. The molecule has 0 aromatic heterocycles. The standard InChI is InChI=1S/C22H20Cl2N2O5S/c1-30-20-12-9-16(13-18(20)24)25-22(27)14-26(19-5-3-4-6-21(19)31-2)32(28,29)17-10-7-15(23)8-11-17/h3-13H,14H2,1-2H3,(H,25,27). The Morgan fingerprint density at radius 3 is 2.22 bits per heavy atom. The SMILES string of the molecule is COc1ccc(NC(=O)CN(c2ccccc2OC)S(=O)(=O)c2ccc(Cl)cc2)cc1Cl. The number of carbonyl (C=O) groups excluding carboxylic acids is 1. The molecule has 3 rings (SSSR count). The lowest BCUT2D eigenvalue weighted by Crippen LogP contribution is -2.38. The summed E-state index contributed by atoms with van der Waals surface area (Å²) in [6.07, 6.45) is 0. The minimum Gasteiger partial charge on any atom is -0.495 e. The molecule has 0 saturated carbocycles. The summed E-state index contributed by atoms with van der Waals surface area (Å²) in [5, 5.41) is 3.35. The molecule has 1 N–H and O–H groups in total. The zero-order valence-electron chi connectivity index (χ0n) is 17.2. The molecule has 7 nitrogen and oxygen atoms in total. The monoisotopic (exact) mass is 494 g/mol. The summed E-state index contributed by atoms with van der Waals surface area (Å²) in [6.45, 7) is -0.505. The quantitative estimate of drug-likeness (QED) is 0.483. The first-order valence-corrected chi connectivity index (χ1v) is 11.5. The van der Waals surface area contributed by atoms with Crippen LogP contribution in [0.1, 0.15) is 0 Å². The molecular weight excluding hydrogens is 475 g/mol. The van der Waals surface area contributed by atoms with Gasteiger partial charge in [-0.2, -0.15) is 0 Å². The molecule has 1 amide bonds. The van der Waals surface area contributed by atoms with E-state index in [-0.39, 0.29) is 10.6 Å². The minimum absolute atomic E-state index is 0.0203. The summed E-state index contributed by atoms with van der Waals surface area (Å²) in [5.74, 6) is 0.172. The lowest BCUT2D eigenvalue weighted by molar-refractivity contribution is -0.114. The van der Waals surface area contributed by atoms with Crippen LogP contribution in [-0.4, -0.2) is 35.1 Å². The van der Waals surface area contributed by atoms with E-state index in [2.05, 4.69) is 5.32 Å². The number of amides is 1. The number of carbonyl (C=O) groups is 1. The van der Waals surface area contributed by atoms with Crippen LogP contribution < -0.4 is 19.1 Å². The Kier molecular flexibility index (Phi) is 7.50. The van der Waals surface area contributed by atoms with Gasteiger partial charge in [-0.1, -0.05) is 35.3 Å². The third kappa shape index (κ3) is 5.27. The molecule has 0 spiro atoms. The molecule has 3 aromatic rings. The maximum absolute atomic E-state index is 13.4. The third-order valence-corrected chi connectivity index (χ3v) is 6.80. The van der Waals surface area contributed by atoms with Gasteiger partial charge in [0.1, 0.15) is 18.0 Å². The highest BCUT2D eigenvalue weighted by Gasteiger charge is 2.29. The van der Waals surface area contributed by atoms with Crippen molar-refractivity contribution >= 4 is 50.5 Å². The largest absolute Gasteiger partial charge is 0.495 e. The Morgan fingerprint density at radius 2 is 1.59 bits per heavy atom. The van der Waals surface area contributed by atoms with Crippen molar-refractivity contribution in [3.63, 3.8) is 0 Å². The number of methoxy groups -OCH3 is 2. The predicted octanol–water partition coefficient (Wildman–Crippen LogP) is 4.84. The van der Waals surface area contributed by atoms with Crippen molar-refractivity contribution in [2.45, 2.75) is 4.90 Å². The lowest BCUT2D eigenvalue weighted by Gasteiger charge is -2.25. The summed E-state index contributed by atoms with van der Waals surface area (Å²) in [5.41, 5.74) is 0.609. The number of halogens is 2. The van der Waals surface area contributed by atoms with Crippen molar-refractivity contribution in [1.82, 2.24) is 0 Å². The van der Waals surface area contributed by atoms with Crippen LogP contribution in [0, 0.1) is 0 Å². The number of para-hydroxylation sites is 2. The van der Waals surface area contributed by atoms with Crippen LogP contribution in [0.3, 0.4) is 0 Å². The Labute approximate surface area is 196 Å². The highest BCUT2D eigenvalue weighted by Crippen LogP contribution is 2.33. The van der Waals surface area contributed by atoms with Gasteiger partial charge in [-0.3, -0.25) is 9.10 Å². The number of nitrogens with zero attached hydrogens (tertiary/aromatic N) is 1. The number of ether oxygens (including phenoxy) is 2. The van der Waals surface area contributed by atoms with Crippen molar-refractivity contribution in [3.8, 4) is 11.5 Å². The van der Waals surface area contributed by atoms with Gasteiger partial charge >= 0.3 is 0 Å². The van der Waals surface area contributed by atoms with E-state index >= 15 is 0 Å². The van der Waals surface area contributed by atoms with Crippen LogP contribution in [0.5, 0.6) is 11.5 Å². The Bertz CT molecular complexity index is 1220. The molecule has 0 aliphatic heterocycles. The fraction of sp³-hybridized carbons (Fsp3) is 0.136. The van der Waals surface area contributed by atoms with Gasteiger partial charge in [0.25, 0.3) is 10.0 Å². The van der Waals surface area contributed by atoms with E-state index in [0.29, 0.717) is 27.2 Å². The molecule has 0 atom stereocenters. The smallest absolute Gasteiger partial charge is 0.264 e. The van der Waals surface area contributed by atoms with E-state index in [9.17, 15) is 13.2 Å². The van der Waals surface area contributed by atoms with Gasteiger partial charge in [0.15, 0.2) is 0 Å². The average molecular weight is 495 g/mol. The molecule has 10 heteroatoms. The number of sulfonamides is 1. The zero-order valence-corrected chi connectivity index (χ0v) is 19.5. The highest BCUT2D eigenvalue weighted by atomic mass is 35.5. The van der Waals surface area contributed by atoms with E-state index in [4.69, 9.17) is 32.7 Å². The van der Waals surface area contributed by atoms with Gasteiger partial charge in [0, 0.05) is 10.7 Å². The Morgan fingerprint density at radius 1 is 0.938 bits per heavy atom. The van der Waals surface area contributed by atoms with Crippen LogP contribution in [0.2, 0.25) is 10.0 Å². The second-order valence-electron chi connectivity index (χ2n) is 6.53. The van der Waals surface area contributed by atoms with Gasteiger partial charge in [-0.05, 0) is 54.6 Å². The zero-order chi connectivity index (χ0) is 23.3. The van der Waals surface area contributed by atoms with E-state index in [1.54, 1.807) is 36.4 Å². The maximum atomic E-state index is 13.4. The topological polar surface area (TPSA) is 84.9 Å². The molecule has 0 bridgehead atoms. The first kappa shape index (κ1) is 23.7. The molecule has 0 aliphatic carbocycles. The summed E-state index contributed by atoms with van der Waals surface area (Å²) in [6, 6.07) is 16.9. The van der Waals surface area contributed by atoms with E-state index in [1.807, 2.05) is 0 Å². The van der Waals surface area contributed by atoms with Crippen molar-refractivity contribution in [2.24, 2.45) is 0 Å². The Balaban J connectivity index is 1.96. The van der Waals surface area contributed by atoms with Crippen LogP contribution in [0.15, 0.2) is 71.6 Å². The lowest BCUT2D eigenvalue weighted by atomic mass is 10.3. The summed E-state index contributed by atoms with van der Waals surface area (Å²) in [4.78, 5) is 12.8. The van der Waals surface area contributed by atoms with Crippen LogP contribution in [-0.2, 0) is 14.8 Å². The molecule has 0 saturated heterocycles.